The highest BCUT2D eigenvalue weighted by atomic mass is 32.2. The van der Waals surface area contributed by atoms with Gasteiger partial charge in [0.2, 0.25) is 11.9 Å². The molecule has 33 heavy (non-hydrogen) atoms. The molecule has 5 rings (SSSR count). The Balaban J connectivity index is 1.51. The summed E-state index contributed by atoms with van der Waals surface area (Å²) in [7, 11) is 3.47. The number of hydrogen-bond donors (Lipinski definition) is 1. The van der Waals surface area contributed by atoms with E-state index in [0.29, 0.717) is 11.7 Å². The first-order chi connectivity index (χ1) is 16.0. The van der Waals surface area contributed by atoms with E-state index in [-0.39, 0.29) is 11.9 Å². The van der Waals surface area contributed by atoms with Crippen LogP contribution in [0.1, 0.15) is 25.0 Å². The third-order valence-electron chi connectivity index (χ3n) is 6.18. The summed E-state index contributed by atoms with van der Waals surface area (Å²) < 4.78 is 7.57. The lowest BCUT2D eigenvalue weighted by Gasteiger charge is -2.43. The van der Waals surface area contributed by atoms with Gasteiger partial charge in [-0.3, -0.25) is 4.79 Å². The molecule has 0 radical (unpaired) electrons. The number of aromatic nitrogens is 4. The summed E-state index contributed by atoms with van der Waals surface area (Å²) in [4.78, 5) is 30.7. The van der Waals surface area contributed by atoms with Gasteiger partial charge in [0.25, 0.3) is 0 Å². The van der Waals surface area contributed by atoms with Gasteiger partial charge in [-0.15, -0.1) is 11.8 Å². The maximum Gasteiger partial charge on any atom is 0.249 e. The average molecular weight is 466 g/mol. The lowest BCUT2D eigenvalue weighted by atomic mass is 9.98. The number of ether oxygens (including phenoxy) is 1. The van der Waals surface area contributed by atoms with Crippen molar-refractivity contribution < 1.29 is 9.53 Å². The molecule has 0 bridgehead atoms. The third kappa shape index (κ3) is 3.78. The molecule has 9 nitrogen and oxygen atoms in total. The molecule has 1 amide bonds. The quantitative estimate of drug-likeness (QED) is 0.450. The fourth-order valence-corrected chi connectivity index (χ4v) is 5.14. The minimum atomic E-state index is -0.147. The molecular formula is C23H27N7O2S. The molecule has 4 heterocycles. The fourth-order valence-electron chi connectivity index (χ4n) is 4.54. The Hall–Kier alpha value is -3.27. The topological polar surface area (TPSA) is 88.4 Å². The Morgan fingerprint density at radius 1 is 1.24 bits per heavy atom. The summed E-state index contributed by atoms with van der Waals surface area (Å²) in [6.45, 7) is 2.78. The van der Waals surface area contributed by atoms with Crippen molar-refractivity contribution in [2.75, 3.05) is 42.1 Å². The van der Waals surface area contributed by atoms with Gasteiger partial charge in [0, 0.05) is 31.5 Å². The summed E-state index contributed by atoms with van der Waals surface area (Å²) in [5, 5.41) is 4.12. The summed E-state index contributed by atoms with van der Waals surface area (Å²) >= 11 is 1.52. The Morgan fingerprint density at radius 2 is 2.09 bits per heavy atom. The lowest BCUT2D eigenvalue weighted by molar-refractivity contribution is -0.120. The predicted octanol–water partition coefficient (Wildman–Crippen LogP) is 3.78. The Morgan fingerprint density at radius 3 is 2.82 bits per heavy atom. The number of piperidine rings is 1. The highest BCUT2D eigenvalue weighted by Gasteiger charge is 2.40. The van der Waals surface area contributed by atoms with Crippen molar-refractivity contribution in [1.82, 2.24) is 19.5 Å². The fraction of sp³-hybridized carbons (Fsp3) is 0.391. The van der Waals surface area contributed by atoms with Crippen molar-refractivity contribution in [3.05, 3.63) is 36.4 Å². The van der Waals surface area contributed by atoms with Crippen LogP contribution >= 0.6 is 11.8 Å². The van der Waals surface area contributed by atoms with Gasteiger partial charge in [-0.1, -0.05) is 0 Å². The zero-order valence-electron chi connectivity index (χ0n) is 19.2. The monoisotopic (exact) mass is 465 g/mol. The zero-order valence-corrected chi connectivity index (χ0v) is 20.0. The zero-order chi connectivity index (χ0) is 23.1. The molecule has 2 aliphatic rings. The Kier molecular flexibility index (Phi) is 5.61. The van der Waals surface area contributed by atoms with E-state index in [0.717, 1.165) is 59.4 Å². The van der Waals surface area contributed by atoms with Gasteiger partial charge in [-0.05, 0) is 44.6 Å². The molecule has 1 aromatic carbocycles. The predicted molar refractivity (Wildman–Crippen MR) is 130 cm³/mol. The summed E-state index contributed by atoms with van der Waals surface area (Å²) in [5.74, 6) is 2.15. The number of aryl methyl sites for hydroxylation is 1. The maximum absolute atomic E-state index is 13.0. The second kappa shape index (κ2) is 8.58. The number of anilines is 4. The second-order valence-electron chi connectivity index (χ2n) is 8.26. The van der Waals surface area contributed by atoms with E-state index in [1.807, 2.05) is 49.2 Å². The van der Waals surface area contributed by atoms with Gasteiger partial charge >= 0.3 is 0 Å². The van der Waals surface area contributed by atoms with Crippen LogP contribution in [0.5, 0.6) is 5.75 Å². The van der Waals surface area contributed by atoms with Gasteiger partial charge in [0.05, 0.1) is 24.8 Å². The number of rotatable bonds is 5. The van der Waals surface area contributed by atoms with Gasteiger partial charge in [0.1, 0.15) is 22.5 Å². The van der Waals surface area contributed by atoms with Crippen molar-refractivity contribution in [2.45, 2.75) is 37.3 Å². The number of methoxy groups -OCH3 is 1. The summed E-state index contributed by atoms with van der Waals surface area (Å²) in [5.41, 5.74) is 3.44. The van der Waals surface area contributed by atoms with E-state index in [2.05, 4.69) is 15.2 Å². The molecule has 1 N–H and O–H groups in total. The van der Waals surface area contributed by atoms with E-state index in [9.17, 15) is 4.79 Å². The number of fused-ring (bicyclic) bond motifs is 3. The SMILES string of the molecule is COc1cc(Nc2nc(SC)c3c(n2)N2CCCCC2C(=O)N3C)ccc1-n1cnc(C)c1. The second-order valence-corrected chi connectivity index (χ2v) is 9.06. The minimum absolute atomic E-state index is 0.122. The Labute approximate surface area is 197 Å². The molecule has 2 aliphatic heterocycles. The first kappa shape index (κ1) is 21.6. The van der Waals surface area contributed by atoms with Gasteiger partial charge < -0.3 is 24.4 Å². The van der Waals surface area contributed by atoms with E-state index in [4.69, 9.17) is 14.7 Å². The third-order valence-corrected chi connectivity index (χ3v) is 6.85. The van der Waals surface area contributed by atoms with Gasteiger partial charge in [-0.2, -0.15) is 4.98 Å². The lowest BCUT2D eigenvalue weighted by Crippen LogP contribution is -2.54. The highest BCUT2D eigenvalue weighted by molar-refractivity contribution is 7.98. The number of thioether (sulfide) groups is 1. The van der Waals surface area contributed by atoms with E-state index in [1.54, 1.807) is 18.3 Å². The van der Waals surface area contributed by atoms with E-state index < -0.39 is 0 Å². The van der Waals surface area contributed by atoms with Crippen molar-refractivity contribution in [2.24, 2.45) is 0 Å². The molecule has 0 aliphatic carbocycles. The first-order valence-corrected chi connectivity index (χ1v) is 12.2. The minimum Gasteiger partial charge on any atom is -0.494 e. The first-order valence-electron chi connectivity index (χ1n) is 11.0. The van der Waals surface area contributed by atoms with Crippen LogP contribution in [-0.4, -0.2) is 58.4 Å². The summed E-state index contributed by atoms with van der Waals surface area (Å²) in [6.07, 6.45) is 8.67. The molecule has 1 unspecified atom stereocenters. The Bertz CT molecular complexity index is 1210. The van der Waals surface area contributed by atoms with Crippen molar-refractivity contribution in [3.63, 3.8) is 0 Å². The maximum atomic E-state index is 13.0. The molecule has 3 aromatic rings. The molecule has 1 fully saturated rings. The number of amides is 1. The number of nitrogens with one attached hydrogen (secondary N) is 1. The standard InChI is InChI=1S/C23H27N7O2S/c1-14-12-29(13-24-14)16-9-8-15(11-18(16)32-3)25-23-26-20-19(21(27-23)33-4)28(2)22(31)17-7-5-6-10-30(17)20/h8-9,11-13,17H,5-7,10H2,1-4H3,(H,25,26,27). The molecule has 172 valence electrons. The number of carbonyl (C=O) groups is 1. The largest absolute Gasteiger partial charge is 0.494 e. The van der Waals surface area contributed by atoms with E-state index in [1.165, 1.54) is 11.8 Å². The molecule has 1 atom stereocenters. The van der Waals surface area contributed by atoms with Crippen LogP contribution in [0.2, 0.25) is 0 Å². The van der Waals surface area contributed by atoms with Crippen LogP contribution < -0.4 is 19.9 Å². The number of benzene rings is 1. The molecule has 2 aromatic heterocycles. The normalized spacial score (nSPS) is 17.6. The highest BCUT2D eigenvalue weighted by Crippen LogP contribution is 2.42. The molecule has 0 spiro atoms. The summed E-state index contributed by atoms with van der Waals surface area (Å²) in [6, 6.07) is 5.72. The number of nitrogens with zero attached hydrogens (tertiary/aromatic N) is 6. The van der Waals surface area contributed by atoms with Gasteiger partial charge in [-0.25, -0.2) is 9.97 Å². The van der Waals surface area contributed by atoms with Crippen LogP contribution in [0, 0.1) is 6.92 Å². The van der Waals surface area contributed by atoms with Crippen LogP contribution in [-0.2, 0) is 4.79 Å². The smallest absolute Gasteiger partial charge is 0.249 e. The van der Waals surface area contributed by atoms with Crippen LogP contribution in [0.25, 0.3) is 5.69 Å². The van der Waals surface area contributed by atoms with Crippen LogP contribution in [0.3, 0.4) is 0 Å². The van der Waals surface area contributed by atoms with Crippen molar-refractivity contribution in [1.29, 1.82) is 0 Å². The van der Waals surface area contributed by atoms with Crippen LogP contribution in [0.4, 0.5) is 23.1 Å². The van der Waals surface area contributed by atoms with E-state index >= 15 is 0 Å². The van der Waals surface area contributed by atoms with Crippen LogP contribution in [0.15, 0.2) is 35.7 Å². The van der Waals surface area contributed by atoms with Crippen molar-refractivity contribution >= 4 is 40.8 Å². The molecule has 10 heteroatoms. The molecule has 0 saturated carbocycles. The number of likely N-dealkylation sites (N-methyl/N-ethyl adjacent to an activating group) is 1. The van der Waals surface area contributed by atoms with Gasteiger partial charge in [0.15, 0.2) is 5.82 Å². The molecular weight excluding hydrogens is 438 g/mol. The number of carbonyl (C=O) groups excluding carboxylic acids is 1. The number of hydrogen-bond acceptors (Lipinski definition) is 8. The number of imidazole rings is 1. The average Bonchev–Trinajstić information content (AvgIpc) is 3.27. The van der Waals surface area contributed by atoms with Crippen molar-refractivity contribution in [3.8, 4) is 11.4 Å². The molecule has 1 saturated heterocycles.